The number of rotatable bonds is 9. The number of nitrogens with one attached hydrogen (secondary N) is 1. The van der Waals surface area contributed by atoms with E-state index in [4.69, 9.17) is 5.11 Å². The first-order chi connectivity index (χ1) is 19.8. The van der Waals surface area contributed by atoms with E-state index in [1.807, 2.05) is 29.2 Å². The van der Waals surface area contributed by atoms with Gasteiger partial charge in [0.15, 0.2) is 0 Å². The number of carboxylic acids is 1. The number of hydrogen-bond donors (Lipinski definition) is 3. The number of carbonyl (C=O) groups is 3. The van der Waals surface area contributed by atoms with E-state index in [0.717, 1.165) is 61.8 Å². The highest BCUT2D eigenvalue weighted by Crippen LogP contribution is 2.36. The van der Waals surface area contributed by atoms with Crippen LogP contribution in [0.15, 0.2) is 48.5 Å². The molecule has 2 saturated heterocycles. The molecule has 1 aliphatic carbocycles. The lowest BCUT2D eigenvalue weighted by Gasteiger charge is -2.52. The minimum Gasteiger partial charge on any atom is -0.478 e. The third kappa shape index (κ3) is 6.19. The Balaban J connectivity index is 1.23. The number of nitrogens with zero attached hydrogens (tertiary/aromatic N) is 2. The molecule has 3 N–H and O–H groups in total. The summed E-state index contributed by atoms with van der Waals surface area (Å²) in [6.07, 6.45) is 7.22. The molecular weight excluding hydrogens is 518 g/mol. The topological polar surface area (TPSA) is 110 Å². The summed E-state index contributed by atoms with van der Waals surface area (Å²) >= 11 is 0. The minimum absolute atomic E-state index is 0.0671. The molecule has 0 unspecified atom stereocenters. The van der Waals surface area contributed by atoms with E-state index < -0.39 is 23.7 Å². The standard InChI is InChI=1S/C33H43N3O5/c1-2-3-19-36-30(38)28(29(37)26-7-5-4-6-8-26)34-32(41)33(36)17-20-35(21-18-33)22-23-9-11-24(12-10-23)25-13-15-27(16-14-25)31(39)40/h9-16,26,28-29,37H,2-8,17-22H2,1H3,(H,34,41)(H,39,40)/t28-,29-/m1/s1. The smallest absolute Gasteiger partial charge is 0.335 e. The van der Waals surface area contributed by atoms with Crippen LogP contribution in [0.4, 0.5) is 0 Å². The summed E-state index contributed by atoms with van der Waals surface area (Å²) in [5.74, 6) is -1.09. The third-order valence-corrected chi connectivity index (χ3v) is 9.48. The Kier molecular flexibility index (Phi) is 9.09. The molecule has 2 aliphatic heterocycles. The van der Waals surface area contributed by atoms with Gasteiger partial charge in [-0.25, -0.2) is 4.79 Å². The van der Waals surface area contributed by atoms with E-state index in [2.05, 4.69) is 29.3 Å². The molecule has 2 atom stereocenters. The Bertz CT molecular complexity index is 1210. The highest BCUT2D eigenvalue weighted by Gasteiger charge is 2.55. The molecule has 2 amide bonds. The van der Waals surface area contributed by atoms with Crippen molar-refractivity contribution in [2.24, 2.45) is 5.92 Å². The number of benzene rings is 2. The fourth-order valence-corrected chi connectivity index (χ4v) is 6.90. The number of carboxylic acid groups (broad SMARTS) is 1. The molecule has 220 valence electrons. The zero-order valence-electron chi connectivity index (χ0n) is 24.1. The quantitative estimate of drug-likeness (QED) is 0.417. The Morgan fingerprint density at radius 2 is 1.59 bits per heavy atom. The number of likely N-dealkylation sites (tertiary alicyclic amines) is 1. The molecular formula is C33H43N3O5. The van der Waals surface area contributed by atoms with Crippen LogP contribution < -0.4 is 5.32 Å². The number of amides is 2. The van der Waals surface area contributed by atoms with Gasteiger partial charge in [-0.1, -0.05) is 69.0 Å². The van der Waals surface area contributed by atoms with E-state index in [0.29, 0.717) is 32.5 Å². The summed E-state index contributed by atoms with van der Waals surface area (Å²) in [7, 11) is 0. The lowest BCUT2D eigenvalue weighted by molar-refractivity contribution is -0.166. The van der Waals surface area contributed by atoms with Crippen LogP contribution in [0.25, 0.3) is 11.1 Å². The zero-order chi connectivity index (χ0) is 29.0. The lowest BCUT2D eigenvalue weighted by atomic mass is 9.78. The average Bonchev–Trinajstić information content (AvgIpc) is 3.00. The maximum absolute atomic E-state index is 13.8. The van der Waals surface area contributed by atoms with Gasteiger partial charge in [-0.05, 0) is 66.8 Å². The minimum atomic E-state index is -0.935. The summed E-state index contributed by atoms with van der Waals surface area (Å²) < 4.78 is 0. The molecule has 1 spiro atoms. The molecule has 1 saturated carbocycles. The molecule has 5 rings (SSSR count). The third-order valence-electron chi connectivity index (χ3n) is 9.48. The van der Waals surface area contributed by atoms with Crippen molar-refractivity contribution in [1.29, 1.82) is 0 Å². The van der Waals surface area contributed by atoms with Crippen LogP contribution in [0, 0.1) is 5.92 Å². The summed E-state index contributed by atoms with van der Waals surface area (Å²) in [5, 5.41) is 23.3. The van der Waals surface area contributed by atoms with Crippen LogP contribution in [0.1, 0.15) is 80.6 Å². The molecule has 8 heteroatoms. The van der Waals surface area contributed by atoms with E-state index in [-0.39, 0.29) is 23.3 Å². The van der Waals surface area contributed by atoms with Crippen LogP contribution in [0.3, 0.4) is 0 Å². The van der Waals surface area contributed by atoms with Gasteiger partial charge >= 0.3 is 5.97 Å². The summed E-state index contributed by atoms with van der Waals surface area (Å²) in [4.78, 5) is 42.8. The van der Waals surface area contributed by atoms with Crippen LogP contribution in [-0.4, -0.2) is 75.1 Å². The molecule has 2 heterocycles. The van der Waals surface area contributed by atoms with Crippen molar-refractivity contribution in [1.82, 2.24) is 15.1 Å². The molecule has 3 fully saturated rings. The first-order valence-corrected chi connectivity index (χ1v) is 15.3. The Morgan fingerprint density at radius 3 is 2.17 bits per heavy atom. The van der Waals surface area contributed by atoms with Crippen molar-refractivity contribution in [3.8, 4) is 11.1 Å². The van der Waals surface area contributed by atoms with Gasteiger partial charge in [0.05, 0.1) is 11.7 Å². The molecule has 0 radical (unpaired) electrons. The second-order valence-corrected chi connectivity index (χ2v) is 12.1. The number of aliphatic hydroxyl groups excluding tert-OH is 1. The summed E-state index contributed by atoms with van der Waals surface area (Å²) in [6, 6.07) is 14.3. The van der Waals surface area contributed by atoms with Crippen molar-refractivity contribution in [2.75, 3.05) is 19.6 Å². The van der Waals surface area contributed by atoms with E-state index in [1.54, 1.807) is 12.1 Å². The predicted octanol–water partition coefficient (Wildman–Crippen LogP) is 4.45. The van der Waals surface area contributed by atoms with Gasteiger partial charge in [-0.2, -0.15) is 0 Å². The maximum atomic E-state index is 13.8. The second-order valence-electron chi connectivity index (χ2n) is 12.1. The van der Waals surface area contributed by atoms with Crippen LogP contribution >= 0.6 is 0 Å². The average molecular weight is 562 g/mol. The number of hydrogen-bond acceptors (Lipinski definition) is 5. The number of piperidine rings is 1. The van der Waals surface area contributed by atoms with Gasteiger partial charge in [0, 0.05) is 26.2 Å². The lowest BCUT2D eigenvalue weighted by Crippen LogP contribution is -2.75. The Morgan fingerprint density at radius 1 is 0.976 bits per heavy atom. The normalized spacial score (nSPS) is 22.5. The van der Waals surface area contributed by atoms with Crippen molar-refractivity contribution >= 4 is 17.8 Å². The number of aliphatic hydroxyl groups is 1. The SMILES string of the molecule is CCCCN1C(=O)[C@@H]([C@H](O)C2CCCCC2)NC(=O)C12CCN(Cc1ccc(-c3ccc(C(=O)O)cc3)cc1)CC2. The highest BCUT2D eigenvalue weighted by molar-refractivity contribution is 6.00. The first kappa shape index (κ1) is 29.3. The van der Waals surface area contributed by atoms with Crippen LogP contribution in [-0.2, 0) is 16.1 Å². The fourth-order valence-electron chi connectivity index (χ4n) is 6.90. The Labute approximate surface area is 242 Å². The molecule has 8 nitrogen and oxygen atoms in total. The van der Waals surface area contributed by atoms with Crippen LogP contribution in [0.2, 0.25) is 0 Å². The van der Waals surface area contributed by atoms with Gasteiger partial charge in [0.25, 0.3) is 0 Å². The number of unbranched alkanes of at least 4 members (excludes halogenated alkanes) is 1. The highest BCUT2D eigenvalue weighted by atomic mass is 16.4. The molecule has 3 aliphatic rings. The molecule has 2 aromatic rings. The zero-order valence-corrected chi connectivity index (χ0v) is 24.1. The van der Waals surface area contributed by atoms with E-state index in [9.17, 15) is 19.5 Å². The summed E-state index contributed by atoms with van der Waals surface area (Å²) in [6.45, 7) is 4.80. The number of piperazine rings is 1. The van der Waals surface area contributed by atoms with Gasteiger partial charge in [0.1, 0.15) is 11.6 Å². The molecule has 41 heavy (non-hydrogen) atoms. The van der Waals surface area contributed by atoms with Crippen molar-refractivity contribution in [3.63, 3.8) is 0 Å². The molecule has 2 aromatic carbocycles. The monoisotopic (exact) mass is 561 g/mol. The van der Waals surface area contributed by atoms with E-state index in [1.165, 1.54) is 6.42 Å². The molecule has 0 aromatic heterocycles. The van der Waals surface area contributed by atoms with Crippen molar-refractivity contribution in [2.45, 2.75) is 88.9 Å². The predicted molar refractivity (Wildman–Crippen MR) is 157 cm³/mol. The van der Waals surface area contributed by atoms with Gasteiger partial charge in [-0.3, -0.25) is 14.5 Å². The van der Waals surface area contributed by atoms with Crippen molar-refractivity contribution in [3.05, 3.63) is 59.7 Å². The van der Waals surface area contributed by atoms with Gasteiger partial charge < -0.3 is 20.4 Å². The van der Waals surface area contributed by atoms with E-state index >= 15 is 0 Å². The first-order valence-electron chi connectivity index (χ1n) is 15.3. The van der Waals surface area contributed by atoms with Crippen LogP contribution in [0.5, 0.6) is 0 Å². The van der Waals surface area contributed by atoms with Gasteiger partial charge in [-0.15, -0.1) is 0 Å². The number of aromatic carboxylic acids is 1. The van der Waals surface area contributed by atoms with Gasteiger partial charge in [0.2, 0.25) is 11.8 Å². The fraction of sp³-hybridized carbons (Fsp3) is 0.545. The second kappa shape index (κ2) is 12.7. The number of carbonyl (C=O) groups excluding carboxylic acids is 2. The molecule has 0 bridgehead atoms. The summed E-state index contributed by atoms with van der Waals surface area (Å²) in [5.41, 5.74) is 2.57. The maximum Gasteiger partial charge on any atom is 0.335 e. The Hall–Kier alpha value is -3.23. The van der Waals surface area contributed by atoms with Crippen molar-refractivity contribution < 1.29 is 24.6 Å². The largest absolute Gasteiger partial charge is 0.478 e.